The van der Waals surface area contributed by atoms with Crippen LogP contribution in [0.1, 0.15) is 16.1 Å². The van der Waals surface area contributed by atoms with Crippen molar-refractivity contribution in [2.24, 2.45) is 0 Å². The van der Waals surface area contributed by atoms with Gasteiger partial charge in [-0.25, -0.2) is 9.37 Å². The van der Waals surface area contributed by atoms with Crippen LogP contribution in [-0.4, -0.2) is 26.7 Å². The van der Waals surface area contributed by atoms with E-state index < -0.39 is 0 Å². The van der Waals surface area contributed by atoms with Crippen LogP contribution in [0.25, 0.3) is 20.5 Å². The minimum Gasteiger partial charge on any atom is -0.293 e. The summed E-state index contributed by atoms with van der Waals surface area (Å²) in [6.07, 6.45) is 0. The molecule has 0 radical (unpaired) electrons. The van der Waals surface area contributed by atoms with E-state index in [1.807, 2.05) is 30.5 Å². The molecule has 0 aliphatic carbocycles. The molecule has 0 atom stereocenters. The molecule has 3 aromatic heterocycles. The van der Waals surface area contributed by atoms with Crippen molar-refractivity contribution in [2.75, 3.05) is 5.75 Å². The van der Waals surface area contributed by atoms with Gasteiger partial charge < -0.3 is 0 Å². The lowest BCUT2D eigenvalue weighted by atomic mass is 10.1. The Labute approximate surface area is 173 Å². The van der Waals surface area contributed by atoms with Crippen LogP contribution in [0.3, 0.4) is 0 Å². The van der Waals surface area contributed by atoms with Gasteiger partial charge >= 0.3 is 0 Å². The average molecular weight is 428 g/mol. The molecule has 0 aliphatic rings. The number of aryl methyl sites for hydroxylation is 1. The lowest BCUT2D eigenvalue weighted by Gasteiger charge is -2.02. The minimum atomic E-state index is -0.355. The fraction of sp³-hybridized carbons (Fsp3) is 0.100. The normalized spacial score (nSPS) is 10.9. The first-order valence-corrected chi connectivity index (χ1v) is 11.1. The molecule has 4 nitrogen and oxygen atoms in total. The zero-order chi connectivity index (χ0) is 19.5. The second kappa shape index (κ2) is 8.30. The van der Waals surface area contributed by atoms with Crippen molar-refractivity contribution in [3.05, 3.63) is 71.0 Å². The molecule has 3 heterocycles. The maximum absolute atomic E-state index is 13.0. The second-order valence-corrected chi connectivity index (χ2v) is 8.83. The smallest absolute Gasteiger partial charge is 0.173 e. The molecule has 140 valence electrons. The zero-order valence-corrected chi connectivity index (χ0v) is 17.2. The fourth-order valence-electron chi connectivity index (χ4n) is 2.52. The van der Waals surface area contributed by atoms with Crippen molar-refractivity contribution in [1.82, 2.24) is 15.2 Å². The fourth-order valence-corrected chi connectivity index (χ4v) is 5.05. The number of nitrogens with zero attached hydrogens (tertiary/aromatic N) is 3. The highest BCUT2D eigenvalue weighted by molar-refractivity contribution is 7.99. The number of thiophene rings is 1. The number of ketones is 1. The van der Waals surface area contributed by atoms with E-state index in [2.05, 4.69) is 21.2 Å². The molecule has 8 heteroatoms. The van der Waals surface area contributed by atoms with Gasteiger partial charge in [0.05, 0.1) is 21.2 Å². The largest absolute Gasteiger partial charge is 0.293 e. The molecule has 28 heavy (non-hydrogen) atoms. The molecule has 0 spiro atoms. The molecule has 0 aliphatic heterocycles. The number of Topliss-reactive ketones (excluding diaryl/α,β-unsaturated/α-hetero) is 1. The minimum absolute atomic E-state index is 0.0743. The summed E-state index contributed by atoms with van der Waals surface area (Å²) in [5, 5.41) is 12.2. The molecule has 0 unspecified atom stereocenters. The summed E-state index contributed by atoms with van der Waals surface area (Å²) in [5.74, 6) is -0.206. The first-order chi connectivity index (χ1) is 13.6. The van der Waals surface area contributed by atoms with Gasteiger partial charge in [0.2, 0.25) is 0 Å². The van der Waals surface area contributed by atoms with Gasteiger partial charge in [-0.2, -0.15) is 0 Å². The van der Waals surface area contributed by atoms with E-state index in [0.717, 1.165) is 26.1 Å². The van der Waals surface area contributed by atoms with Crippen molar-refractivity contribution in [1.29, 1.82) is 0 Å². The number of carbonyl (C=O) groups is 1. The number of hydrogen-bond donors (Lipinski definition) is 0. The second-order valence-electron chi connectivity index (χ2n) is 5.89. The summed E-state index contributed by atoms with van der Waals surface area (Å²) in [7, 11) is 0. The molecule has 4 aromatic rings. The van der Waals surface area contributed by atoms with Gasteiger partial charge in [0.15, 0.2) is 5.78 Å². The van der Waals surface area contributed by atoms with E-state index in [0.29, 0.717) is 10.6 Å². The van der Waals surface area contributed by atoms with E-state index in [1.54, 1.807) is 22.7 Å². The lowest BCUT2D eigenvalue weighted by molar-refractivity contribution is 0.102. The van der Waals surface area contributed by atoms with Gasteiger partial charge in [0, 0.05) is 5.56 Å². The molecule has 4 rings (SSSR count). The van der Waals surface area contributed by atoms with Crippen molar-refractivity contribution < 1.29 is 9.18 Å². The summed E-state index contributed by atoms with van der Waals surface area (Å²) < 4.78 is 13.0. The first-order valence-electron chi connectivity index (χ1n) is 8.37. The number of thiazole rings is 1. The van der Waals surface area contributed by atoms with Crippen LogP contribution >= 0.6 is 34.4 Å². The predicted octanol–water partition coefficient (Wildman–Crippen LogP) is 5.75. The number of rotatable bonds is 6. The van der Waals surface area contributed by atoms with Crippen molar-refractivity contribution in [3.8, 4) is 20.5 Å². The third kappa shape index (κ3) is 4.19. The third-order valence-corrected chi connectivity index (χ3v) is 7.06. The van der Waals surface area contributed by atoms with Crippen molar-refractivity contribution in [2.45, 2.75) is 11.9 Å². The Morgan fingerprint density at radius 1 is 1.11 bits per heavy atom. The van der Waals surface area contributed by atoms with Crippen LogP contribution in [0.5, 0.6) is 0 Å². The van der Waals surface area contributed by atoms with Gasteiger partial charge in [-0.05, 0) is 54.8 Å². The Morgan fingerprint density at radius 2 is 1.93 bits per heavy atom. The number of thioether (sulfide) groups is 1. The summed E-state index contributed by atoms with van der Waals surface area (Å²) in [4.78, 5) is 18.9. The van der Waals surface area contributed by atoms with E-state index in [4.69, 9.17) is 0 Å². The van der Waals surface area contributed by atoms with Gasteiger partial charge in [-0.15, -0.1) is 32.9 Å². The van der Waals surface area contributed by atoms with Crippen molar-refractivity contribution in [3.63, 3.8) is 0 Å². The van der Waals surface area contributed by atoms with Gasteiger partial charge in [0.25, 0.3) is 0 Å². The predicted molar refractivity (Wildman–Crippen MR) is 113 cm³/mol. The van der Waals surface area contributed by atoms with Crippen LogP contribution in [-0.2, 0) is 0 Å². The standard InChI is InChI=1S/C20H14FN3OS3/c1-12-19(28-20(22-12)17-3-2-10-26-17)15-8-9-18(24-23-15)27-11-16(25)13-4-6-14(21)7-5-13/h2-10H,11H2,1H3. The Balaban J connectivity index is 1.44. The van der Waals surface area contributed by atoms with Crippen LogP contribution in [0, 0.1) is 12.7 Å². The third-order valence-electron chi connectivity index (χ3n) is 3.92. The Kier molecular flexibility index (Phi) is 5.61. The first kappa shape index (κ1) is 18.9. The number of benzene rings is 1. The van der Waals surface area contributed by atoms with Gasteiger partial charge in [-0.1, -0.05) is 17.8 Å². The van der Waals surface area contributed by atoms with Gasteiger partial charge in [-0.3, -0.25) is 4.79 Å². The monoisotopic (exact) mass is 427 g/mol. The van der Waals surface area contributed by atoms with E-state index >= 15 is 0 Å². The molecule has 0 saturated heterocycles. The van der Waals surface area contributed by atoms with Crippen LogP contribution in [0.4, 0.5) is 4.39 Å². The van der Waals surface area contributed by atoms with E-state index in [-0.39, 0.29) is 17.4 Å². The Morgan fingerprint density at radius 3 is 2.61 bits per heavy atom. The van der Waals surface area contributed by atoms with E-state index in [1.165, 1.54) is 36.0 Å². The van der Waals surface area contributed by atoms with Gasteiger partial charge in [0.1, 0.15) is 21.5 Å². The molecule has 0 N–H and O–H groups in total. The topological polar surface area (TPSA) is 55.7 Å². The molecule has 0 fully saturated rings. The van der Waals surface area contributed by atoms with Crippen LogP contribution in [0.2, 0.25) is 0 Å². The zero-order valence-electron chi connectivity index (χ0n) is 14.8. The molecule has 0 amide bonds. The van der Waals surface area contributed by atoms with Crippen LogP contribution < -0.4 is 0 Å². The van der Waals surface area contributed by atoms with Crippen LogP contribution in [0.15, 0.2) is 58.9 Å². The SMILES string of the molecule is Cc1nc(-c2cccs2)sc1-c1ccc(SCC(=O)c2ccc(F)cc2)nn1. The summed E-state index contributed by atoms with van der Waals surface area (Å²) in [6.45, 7) is 1.97. The Bertz CT molecular complexity index is 1090. The summed E-state index contributed by atoms with van der Waals surface area (Å²) >= 11 is 4.57. The molecule has 1 aromatic carbocycles. The maximum atomic E-state index is 13.0. The average Bonchev–Trinajstić information content (AvgIpc) is 3.37. The highest BCUT2D eigenvalue weighted by atomic mass is 32.2. The van der Waals surface area contributed by atoms with E-state index in [9.17, 15) is 9.18 Å². The summed E-state index contributed by atoms with van der Waals surface area (Å²) in [5.41, 5.74) is 2.18. The van der Waals surface area contributed by atoms with Crippen molar-refractivity contribution >= 4 is 40.2 Å². The quantitative estimate of drug-likeness (QED) is 0.290. The molecule has 0 bridgehead atoms. The highest BCUT2D eigenvalue weighted by Crippen LogP contribution is 2.36. The number of halogens is 1. The highest BCUT2D eigenvalue weighted by Gasteiger charge is 2.14. The number of aromatic nitrogens is 3. The molecule has 0 saturated carbocycles. The molecular formula is C20H14FN3OS3. The number of carbonyl (C=O) groups excluding carboxylic acids is 1. The summed E-state index contributed by atoms with van der Waals surface area (Å²) in [6, 6.07) is 13.4. The maximum Gasteiger partial charge on any atom is 0.173 e. The lowest BCUT2D eigenvalue weighted by Crippen LogP contribution is -2.02. The number of hydrogen-bond acceptors (Lipinski definition) is 7. The molecular weight excluding hydrogens is 413 g/mol. The Hall–Kier alpha value is -2.42.